The zero-order valence-electron chi connectivity index (χ0n) is 23.9. The second kappa shape index (κ2) is 8.75. The first-order valence-electron chi connectivity index (χ1n) is 15.1. The Bertz CT molecular complexity index is 2670. The molecule has 3 heteroatoms. The average Bonchev–Trinajstić information content (AvgIpc) is 3.08. The Hall–Kier alpha value is -6.06. The van der Waals surface area contributed by atoms with Crippen LogP contribution < -0.4 is 0 Å². The van der Waals surface area contributed by atoms with E-state index >= 15 is 0 Å². The van der Waals surface area contributed by atoms with Crippen molar-refractivity contribution < 1.29 is 14.3 Å². The van der Waals surface area contributed by atoms with E-state index in [9.17, 15) is 9.59 Å². The minimum atomic E-state index is -0.655. The zero-order valence-corrected chi connectivity index (χ0v) is 23.9. The maximum absolute atomic E-state index is 14.1. The summed E-state index contributed by atoms with van der Waals surface area (Å²) >= 11 is 0. The molecule has 0 saturated heterocycles. The van der Waals surface area contributed by atoms with E-state index in [0.717, 1.165) is 86.2 Å². The molecule has 0 atom stereocenters. The number of hydrogen-bond acceptors (Lipinski definition) is 3. The summed E-state index contributed by atoms with van der Waals surface area (Å²) in [5, 5.41) is 16.5. The van der Waals surface area contributed by atoms with Crippen molar-refractivity contribution in [1.29, 1.82) is 0 Å². The van der Waals surface area contributed by atoms with Crippen LogP contribution in [-0.2, 0) is 4.74 Å². The Morgan fingerprint density at radius 3 is 1.00 bits per heavy atom. The van der Waals surface area contributed by atoms with Gasteiger partial charge in [0.05, 0.1) is 11.1 Å². The van der Waals surface area contributed by atoms with E-state index in [1.165, 1.54) is 0 Å². The van der Waals surface area contributed by atoms with E-state index in [0.29, 0.717) is 11.1 Å². The third-order valence-electron chi connectivity index (χ3n) is 9.64. The Balaban J connectivity index is 1.20. The molecular formula is C42H22O3. The number of carbonyl (C=O) groups is 2. The molecule has 0 aliphatic heterocycles. The lowest BCUT2D eigenvalue weighted by Gasteiger charge is -2.17. The van der Waals surface area contributed by atoms with Gasteiger partial charge in [0, 0.05) is 10.8 Å². The molecule has 0 spiro atoms. The van der Waals surface area contributed by atoms with Crippen LogP contribution in [0.5, 0.6) is 0 Å². The Kier molecular flexibility index (Phi) is 4.74. The fraction of sp³-hybridized carbons (Fsp3) is 0. The number of carbonyl (C=O) groups excluding carboxylic acids is 2. The van der Waals surface area contributed by atoms with E-state index in [-0.39, 0.29) is 0 Å². The fourth-order valence-corrected chi connectivity index (χ4v) is 7.85. The molecule has 0 aliphatic rings. The van der Waals surface area contributed by atoms with Gasteiger partial charge in [0.25, 0.3) is 0 Å². The Morgan fingerprint density at radius 2 is 0.622 bits per heavy atom. The van der Waals surface area contributed by atoms with E-state index in [2.05, 4.69) is 84.9 Å². The zero-order chi connectivity index (χ0) is 29.8. The van der Waals surface area contributed by atoms with Crippen LogP contribution in [0.25, 0.3) is 86.2 Å². The van der Waals surface area contributed by atoms with Crippen molar-refractivity contribution in [1.82, 2.24) is 0 Å². The number of ether oxygens (including phenoxy) is 1. The molecule has 10 rings (SSSR count). The number of fused-ring (bicyclic) bond motifs is 4. The van der Waals surface area contributed by atoms with Gasteiger partial charge in [-0.1, -0.05) is 121 Å². The lowest BCUT2D eigenvalue weighted by atomic mass is 9.87. The van der Waals surface area contributed by atoms with Crippen molar-refractivity contribution in [2.75, 3.05) is 0 Å². The van der Waals surface area contributed by atoms with Gasteiger partial charge in [-0.25, -0.2) is 9.59 Å². The summed E-state index contributed by atoms with van der Waals surface area (Å²) < 4.78 is 5.82. The van der Waals surface area contributed by atoms with E-state index in [1.54, 1.807) is 12.1 Å². The minimum Gasteiger partial charge on any atom is -0.386 e. The second-order valence-electron chi connectivity index (χ2n) is 11.9. The first kappa shape index (κ1) is 24.4. The van der Waals surface area contributed by atoms with Gasteiger partial charge in [0.1, 0.15) is 0 Å². The number of esters is 2. The highest BCUT2D eigenvalue weighted by molar-refractivity contribution is 6.37. The van der Waals surface area contributed by atoms with Crippen LogP contribution in [0.3, 0.4) is 0 Å². The molecule has 0 radical (unpaired) electrons. The SMILES string of the molecule is O=C(OC(=O)c1ccc2cccc3c4cccc5cccc(c1c23)c54)c1ccc2cccc3c4cccc5cccc(c1c23)c54. The molecule has 10 aromatic carbocycles. The van der Waals surface area contributed by atoms with Crippen molar-refractivity contribution in [3.05, 3.63) is 145 Å². The molecule has 10 aromatic rings. The van der Waals surface area contributed by atoms with E-state index in [4.69, 9.17) is 4.74 Å². The summed E-state index contributed by atoms with van der Waals surface area (Å²) in [6, 6.07) is 44.9. The lowest BCUT2D eigenvalue weighted by molar-refractivity contribution is 0.0401. The molecule has 0 heterocycles. The largest absolute Gasteiger partial charge is 0.386 e. The Labute approximate surface area is 256 Å². The van der Waals surface area contributed by atoms with Gasteiger partial charge in [-0.15, -0.1) is 0 Å². The highest BCUT2D eigenvalue weighted by Gasteiger charge is 2.25. The molecule has 0 aromatic heterocycles. The maximum Gasteiger partial charge on any atom is 0.346 e. The third kappa shape index (κ3) is 3.19. The van der Waals surface area contributed by atoms with Gasteiger partial charge in [-0.05, 0) is 87.5 Å². The van der Waals surface area contributed by atoms with Crippen LogP contribution in [-0.4, -0.2) is 11.9 Å². The van der Waals surface area contributed by atoms with Gasteiger partial charge in [-0.3, -0.25) is 0 Å². The molecule has 0 saturated carbocycles. The molecule has 0 unspecified atom stereocenters. The smallest absolute Gasteiger partial charge is 0.346 e. The molecule has 0 aliphatic carbocycles. The number of hydrogen-bond donors (Lipinski definition) is 0. The molecule has 0 bridgehead atoms. The van der Waals surface area contributed by atoms with Gasteiger partial charge >= 0.3 is 11.9 Å². The normalized spacial score (nSPS) is 12.2. The predicted octanol–water partition coefficient (Wildman–Crippen LogP) is 10.8. The second-order valence-corrected chi connectivity index (χ2v) is 11.9. The molecule has 3 nitrogen and oxygen atoms in total. The topological polar surface area (TPSA) is 43.4 Å². The average molecular weight is 575 g/mol. The van der Waals surface area contributed by atoms with E-state index in [1.807, 2.05) is 36.4 Å². The van der Waals surface area contributed by atoms with Crippen LogP contribution >= 0.6 is 0 Å². The first-order chi connectivity index (χ1) is 22.2. The van der Waals surface area contributed by atoms with Gasteiger partial charge in [-0.2, -0.15) is 0 Å². The van der Waals surface area contributed by atoms with Crippen LogP contribution in [0.4, 0.5) is 0 Å². The van der Waals surface area contributed by atoms with Gasteiger partial charge in [0.15, 0.2) is 0 Å². The lowest BCUT2D eigenvalue weighted by Crippen LogP contribution is -2.14. The molecule has 0 fully saturated rings. The number of benzene rings is 10. The van der Waals surface area contributed by atoms with Crippen molar-refractivity contribution in [3.8, 4) is 0 Å². The summed E-state index contributed by atoms with van der Waals surface area (Å²) in [5.74, 6) is -1.31. The monoisotopic (exact) mass is 574 g/mol. The van der Waals surface area contributed by atoms with Crippen LogP contribution in [0.1, 0.15) is 20.7 Å². The fourth-order valence-electron chi connectivity index (χ4n) is 7.85. The third-order valence-corrected chi connectivity index (χ3v) is 9.64. The molecule has 208 valence electrons. The van der Waals surface area contributed by atoms with E-state index < -0.39 is 11.9 Å². The van der Waals surface area contributed by atoms with Crippen molar-refractivity contribution in [2.24, 2.45) is 0 Å². The van der Waals surface area contributed by atoms with Crippen molar-refractivity contribution in [3.63, 3.8) is 0 Å². The van der Waals surface area contributed by atoms with Crippen LogP contribution in [0.2, 0.25) is 0 Å². The molecule has 45 heavy (non-hydrogen) atoms. The summed E-state index contributed by atoms with van der Waals surface area (Å²) in [6.45, 7) is 0. The molecular weight excluding hydrogens is 552 g/mol. The summed E-state index contributed by atoms with van der Waals surface area (Å²) in [7, 11) is 0. The molecule has 0 N–H and O–H groups in total. The van der Waals surface area contributed by atoms with Gasteiger partial charge < -0.3 is 4.74 Å². The van der Waals surface area contributed by atoms with Gasteiger partial charge in [0.2, 0.25) is 0 Å². The van der Waals surface area contributed by atoms with Crippen molar-refractivity contribution in [2.45, 2.75) is 0 Å². The first-order valence-corrected chi connectivity index (χ1v) is 15.1. The minimum absolute atomic E-state index is 0.382. The molecule has 0 amide bonds. The number of rotatable bonds is 2. The van der Waals surface area contributed by atoms with Crippen molar-refractivity contribution >= 4 is 98.1 Å². The highest BCUT2D eigenvalue weighted by Crippen LogP contribution is 2.43. The predicted molar refractivity (Wildman–Crippen MR) is 185 cm³/mol. The summed E-state index contributed by atoms with van der Waals surface area (Å²) in [6.07, 6.45) is 0. The van der Waals surface area contributed by atoms with Crippen LogP contribution in [0.15, 0.2) is 133 Å². The maximum atomic E-state index is 14.1. The summed E-state index contributed by atoms with van der Waals surface area (Å²) in [4.78, 5) is 28.2. The van der Waals surface area contributed by atoms with Crippen LogP contribution in [0, 0.1) is 0 Å². The summed E-state index contributed by atoms with van der Waals surface area (Å²) in [5.41, 5.74) is 0.765. The Morgan fingerprint density at radius 1 is 0.311 bits per heavy atom. The quantitative estimate of drug-likeness (QED) is 0.0893. The highest BCUT2D eigenvalue weighted by atomic mass is 16.6. The standard InChI is InChI=1S/C42H22O3/c43-41(33-21-19-25-11-3-15-29-27-13-1-7-23-9-5-17-31(35(23)27)39(33)37(25)29)45-42(44)34-22-20-26-12-4-16-30-28-14-2-8-24-10-6-18-32(36(24)28)40(34)38(26)30/h1-22H.